The molecule has 0 radical (unpaired) electrons. The molecule has 15 heavy (non-hydrogen) atoms. The zero-order chi connectivity index (χ0) is 12.0. The molecule has 6 nitrogen and oxygen atoms in total. The number of hydrogen-bond donors (Lipinski definition) is 2. The van der Waals surface area contributed by atoms with E-state index in [0.717, 1.165) is 0 Å². The van der Waals surface area contributed by atoms with Crippen molar-refractivity contribution in [2.45, 2.75) is 25.9 Å². The van der Waals surface area contributed by atoms with Gasteiger partial charge in [0.25, 0.3) is 5.91 Å². The highest BCUT2D eigenvalue weighted by Crippen LogP contribution is 1.99. The Bertz CT molecular complexity index is 232. The molecule has 0 aliphatic heterocycles. The van der Waals surface area contributed by atoms with E-state index < -0.39 is 17.9 Å². The molecular weight excluding hydrogens is 200 g/mol. The highest BCUT2D eigenvalue weighted by molar-refractivity contribution is 6.01. The zero-order valence-electron chi connectivity index (χ0n) is 9.27. The molecule has 6 heteroatoms. The summed E-state index contributed by atoms with van der Waals surface area (Å²) in [5, 5.41) is 8.83. The number of nitrogens with zero attached hydrogens (tertiary/aromatic N) is 1. The average molecular weight is 218 g/mol. The van der Waals surface area contributed by atoms with Crippen molar-refractivity contribution in [1.29, 1.82) is 0 Å². The fourth-order valence-electron chi connectivity index (χ4n) is 0.892. The van der Waals surface area contributed by atoms with Crippen LogP contribution in [-0.2, 0) is 14.3 Å². The van der Waals surface area contributed by atoms with E-state index in [2.05, 4.69) is 4.74 Å². The average Bonchev–Trinajstić information content (AvgIpc) is 2.25. The summed E-state index contributed by atoms with van der Waals surface area (Å²) < 4.78 is 4.61. The maximum atomic E-state index is 11.5. The lowest BCUT2D eigenvalue weighted by Crippen LogP contribution is -2.50. The minimum Gasteiger partial charge on any atom is -0.464 e. The van der Waals surface area contributed by atoms with Gasteiger partial charge in [-0.3, -0.25) is 4.79 Å². The molecule has 0 saturated heterocycles. The fraction of sp³-hybridized carbons (Fsp3) is 0.778. The highest BCUT2D eigenvalue weighted by Gasteiger charge is 2.28. The fourth-order valence-corrected chi connectivity index (χ4v) is 0.892. The number of likely N-dealkylation sites (N-methyl/N-ethyl adjacent to an activating group) is 1. The summed E-state index contributed by atoms with van der Waals surface area (Å²) >= 11 is 0. The molecule has 0 aromatic rings. The van der Waals surface area contributed by atoms with Crippen LogP contribution in [0.15, 0.2) is 0 Å². The van der Waals surface area contributed by atoms with Gasteiger partial charge in [0.2, 0.25) is 0 Å². The van der Waals surface area contributed by atoms with Crippen LogP contribution in [0.3, 0.4) is 0 Å². The Labute approximate surface area is 89.0 Å². The van der Waals surface area contributed by atoms with Crippen LogP contribution in [0.2, 0.25) is 0 Å². The molecule has 0 saturated carbocycles. The van der Waals surface area contributed by atoms with Crippen molar-refractivity contribution in [3.63, 3.8) is 0 Å². The zero-order valence-corrected chi connectivity index (χ0v) is 9.27. The molecule has 0 spiro atoms. The Morgan fingerprint density at radius 1 is 1.53 bits per heavy atom. The maximum Gasteiger partial charge on any atom is 0.332 e. The second-order valence-corrected chi connectivity index (χ2v) is 3.21. The predicted octanol–water partition coefficient (Wildman–Crippen LogP) is -1.28. The van der Waals surface area contributed by atoms with Gasteiger partial charge in [0.05, 0.1) is 19.3 Å². The molecule has 0 fully saturated rings. The number of hydrogen-bond acceptors (Lipinski definition) is 5. The molecule has 3 N–H and O–H groups in total. The number of nitrogens with two attached hydrogens (primary N) is 1. The molecule has 0 heterocycles. The van der Waals surface area contributed by atoms with Crippen LogP contribution in [0.5, 0.6) is 0 Å². The molecule has 0 aliphatic carbocycles. The van der Waals surface area contributed by atoms with E-state index in [1.165, 1.54) is 11.9 Å². The van der Waals surface area contributed by atoms with Crippen molar-refractivity contribution in [1.82, 2.24) is 4.90 Å². The molecule has 0 aliphatic rings. The minimum absolute atomic E-state index is 0.180. The van der Waals surface area contributed by atoms with Crippen LogP contribution in [0.4, 0.5) is 0 Å². The summed E-state index contributed by atoms with van der Waals surface area (Å²) in [6.07, 6.45) is 0. The Hall–Kier alpha value is -1.14. The third kappa shape index (κ3) is 3.85. The lowest BCUT2D eigenvalue weighted by Gasteiger charge is -2.25. The van der Waals surface area contributed by atoms with Gasteiger partial charge >= 0.3 is 5.97 Å². The van der Waals surface area contributed by atoms with Gasteiger partial charge in [0.15, 0.2) is 6.04 Å². The number of amides is 1. The van der Waals surface area contributed by atoms with Crippen molar-refractivity contribution in [3.8, 4) is 0 Å². The van der Waals surface area contributed by atoms with Crippen molar-refractivity contribution >= 4 is 11.9 Å². The quantitative estimate of drug-likeness (QED) is 0.442. The number of esters is 1. The first-order chi connectivity index (χ1) is 6.95. The Kier molecular flexibility index (Phi) is 5.88. The van der Waals surface area contributed by atoms with E-state index in [1.54, 1.807) is 13.8 Å². The van der Waals surface area contributed by atoms with Crippen LogP contribution in [-0.4, -0.2) is 54.2 Å². The lowest BCUT2D eigenvalue weighted by molar-refractivity contribution is -0.151. The van der Waals surface area contributed by atoms with E-state index in [9.17, 15) is 9.59 Å². The second kappa shape index (κ2) is 6.36. The molecule has 2 atom stereocenters. The number of carbonyl (C=O) groups is 2. The number of carbonyl (C=O) groups excluding carboxylic acids is 2. The van der Waals surface area contributed by atoms with Gasteiger partial charge in [0.1, 0.15) is 0 Å². The summed E-state index contributed by atoms with van der Waals surface area (Å²) in [5.41, 5.74) is 5.39. The van der Waals surface area contributed by atoms with Crippen molar-refractivity contribution < 1.29 is 19.4 Å². The largest absolute Gasteiger partial charge is 0.464 e. The lowest BCUT2D eigenvalue weighted by atomic mass is 10.2. The first-order valence-electron chi connectivity index (χ1n) is 4.75. The third-order valence-electron chi connectivity index (χ3n) is 2.08. The Morgan fingerprint density at radius 3 is 2.47 bits per heavy atom. The number of aliphatic hydroxyl groups excluding tert-OH is 1. The highest BCUT2D eigenvalue weighted by atomic mass is 16.5. The summed E-state index contributed by atoms with van der Waals surface area (Å²) in [4.78, 5) is 23.9. The number of rotatable bonds is 5. The van der Waals surface area contributed by atoms with Crippen LogP contribution in [0.1, 0.15) is 13.8 Å². The minimum atomic E-state index is -1.32. The first kappa shape index (κ1) is 13.9. The third-order valence-corrected chi connectivity index (χ3v) is 2.08. The van der Waals surface area contributed by atoms with E-state index in [-0.39, 0.29) is 19.3 Å². The van der Waals surface area contributed by atoms with Gasteiger partial charge in [-0.15, -0.1) is 0 Å². The number of aliphatic hydroxyl groups is 1. The normalized spacial score (nSPS) is 14.2. The first-order valence-corrected chi connectivity index (χ1v) is 4.75. The van der Waals surface area contributed by atoms with Crippen LogP contribution in [0, 0.1) is 0 Å². The number of ether oxygens (including phenoxy) is 1. The molecule has 2 unspecified atom stereocenters. The maximum absolute atomic E-state index is 11.5. The van der Waals surface area contributed by atoms with Gasteiger partial charge < -0.3 is 20.5 Å². The molecular formula is C9H18N2O4. The summed E-state index contributed by atoms with van der Waals surface area (Å²) in [6.45, 7) is 3.28. The predicted molar refractivity (Wildman–Crippen MR) is 53.9 cm³/mol. The Balaban J connectivity index is 4.37. The van der Waals surface area contributed by atoms with Crippen LogP contribution < -0.4 is 5.73 Å². The SMILES string of the molecule is CCOC(=O)C(N)C(=O)N(C)C(C)CO. The standard InChI is InChI=1S/C9H18N2O4/c1-4-15-9(14)7(10)8(13)11(3)6(2)5-12/h6-7,12H,4-5,10H2,1-3H3. The molecule has 0 aromatic carbocycles. The van der Waals surface area contributed by atoms with Gasteiger partial charge in [-0.25, -0.2) is 4.79 Å². The molecule has 1 amide bonds. The summed E-state index contributed by atoms with van der Waals surface area (Å²) in [7, 11) is 1.47. The van der Waals surface area contributed by atoms with Crippen molar-refractivity contribution in [2.24, 2.45) is 5.73 Å². The topological polar surface area (TPSA) is 92.9 Å². The second-order valence-electron chi connectivity index (χ2n) is 3.21. The van der Waals surface area contributed by atoms with Gasteiger partial charge in [-0.1, -0.05) is 0 Å². The van der Waals surface area contributed by atoms with E-state index in [1.807, 2.05) is 0 Å². The monoisotopic (exact) mass is 218 g/mol. The van der Waals surface area contributed by atoms with Gasteiger partial charge in [0, 0.05) is 7.05 Å². The van der Waals surface area contributed by atoms with E-state index >= 15 is 0 Å². The molecule has 88 valence electrons. The molecule has 0 aromatic heterocycles. The molecule has 0 bridgehead atoms. The Morgan fingerprint density at radius 2 is 2.07 bits per heavy atom. The van der Waals surface area contributed by atoms with Crippen LogP contribution >= 0.6 is 0 Å². The van der Waals surface area contributed by atoms with Gasteiger partial charge in [-0.2, -0.15) is 0 Å². The van der Waals surface area contributed by atoms with Crippen molar-refractivity contribution in [3.05, 3.63) is 0 Å². The summed E-state index contributed by atoms with van der Waals surface area (Å²) in [5.74, 6) is -1.31. The van der Waals surface area contributed by atoms with Gasteiger partial charge in [-0.05, 0) is 13.8 Å². The van der Waals surface area contributed by atoms with Crippen LogP contribution in [0.25, 0.3) is 0 Å². The van der Waals surface area contributed by atoms with E-state index in [0.29, 0.717) is 0 Å². The summed E-state index contributed by atoms with van der Waals surface area (Å²) in [6, 6.07) is -1.69. The van der Waals surface area contributed by atoms with E-state index in [4.69, 9.17) is 10.8 Å². The molecule has 0 rings (SSSR count). The smallest absolute Gasteiger partial charge is 0.332 e. The van der Waals surface area contributed by atoms with Crippen molar-refractivity contribution in [2.75, 3.05) is 20.3 Å².